The normalized spacial score (nSPS) is 15.7. The third kappa shape index (κ3) is 2.79. The van der Waals surface area contributed by atoms with Crippen LogP contribution in [0.5, 0.6) is 0 Å². The summed E-state index contributed by atoms with van der Waals surface area (Å²) in [5.74, 6) is 0. The van der Waals surface area contributed by atoms with E-state index in [2.05, 4.69) is 40.1 Å². The van der Waals surface area contributed by atoms with Gasteiger partial charge in [-0.15, -0.1) is 5.10 Å². The summed E-state index contributed by atoms with van der Waals surface area (Å²) in [4.78, 5) is 0. The smallest absolute Gasteiger partial charge is 0.0832 e. The molecule has 0 N–H and O–H groups in total. The average Bonchev–Trinajstić information content (AvgIpc) is 2.51. The van der Waals surface area contributed by atoms with Gasteiger partial charge in [-0.1, -0.05) is 35.0 Å². The Labute approximate surface area is 87.6 Å². The summed E-state index contributed by atoms with van der Waals surface area (Å²) in [6.07, 6.45) is 4.12. The Bertz CT molecular complexity index is 266. The fourth-order valence-electron chi connectivity index (χ4n) is 1.18. The van der Waals surface area contributed by atoms with E-state index in [1.54, 1.807) is 4.68 Å². The van der Waals surface area contributed by atoms with Crippen LogP contribution in [0.25, 0.3) is 0 Å². The van der Waals surface area contributed by atoms with Crippen molar-refractivity contribution in [3.8, 4) is 0 Å². The van der Waals surface area contributed by atoms with Crippen molar-refractivity contribution in [2.24, 2.45) is 12.5 Å². The maximum absolute atomic E-state index is 4.09. The molecule has 0 saturated carbocycles. The first-order valence-electron chi connectivity index (χ1n) is 4.51. The number of rotatable bonds is 4. The molecule has 1 aromatic heterocycles. The number of aromatic nitrogens is 3. The molecule has 0 amide bonds. The molecule has 0 bridgehead atoms. The topological polar surface area (TPSA) is 30.7 Å². The number of alkyl halides is 1. The molecule has 4 heteroatoms. The van der Waals surface area contributed by atoms with Crippen LogP contribution in [0.3, 0.4) is 0 Å². The van der Waals surface area contributed by atoms with E-state index >= 15 is 0 Å². The lowest BCUT2D eigenvalue weighted by molar-refractivity contribution is 0.357. The summed E-state index contributed by atoms with van der Waals surface area (Å²) >= 11 is 3.54. The highest BCUT2D eigenvalue weighted by Gasteiger charge is 2.22. The Balaban J connectivity index is 2.67. The lowest BCUT2D eigenvalue weighted by Gasteiger charge is -2.23. The summed E-state index contributed by atoms with van der Waals surface area (Å²) in [6.45, 7) is 4.47. The van der Waals surface area contributed by atoms with Gasteiger partial charge in [0.05, 0.1) is 5.69 Å². The van der Waals surface area contributed by atoms with Gasteiger partial charge in [-0.2, -0.15) is 0 Å². The maximum atomic E-state index is 4.09. The van der Waals surface area contributed by atoms with Crippen LogP contribution < -0.4 is 0 Å². The predicted molar refractivity (Wildman–Crippen MR) is 56.9 cm³/mol. The van der Waals surface area contributed by atoms with Gasteiger partial charge in [-0.25, -0.2) is 0 Å². The van der Waals surface area contributed by atoms with E-state index in [0.29, 0.717) is 5.41 Å². The Morgan fingerprint density at radius 3 is 2.69 bits per heavy atom. The van der Waals surface area contributed by atoms with Crippen LogP contribution in [-0.4, -0.2) is 20.3 Å². The first-order valence-corrected chi connectivity index (χ1v) is 5.63. The fourth-order valence-corrected chi connectivity index (χ4v) is 1.78. The molecular weight excluding hydrogens is 230 g/mol. The van der Waals surface area contributed by atoms with Gasteiger partial charge in [0.25, 0.3) is 0 Å². The van der Waals surface area contributed by atoms with E-state index in [-0.39, 0.29) is 0 Å². The third-order valence-corrected chi connectivity index (χ3v) is 3.79. The molecule has 0 aliphatic rings. The molecule has 1 heterocycles. The van der Waals surface area contributed by atoms with Crippen molar-refractivity contribution < 1.29 is 0 Å². The number of aryl methyl sites for hydroxylation is 1. The van der Waals surface area contributed by atoms with Gasteiger partial charge in [0.1, 0.15) is 0 Å². The van der Waals surface area contributed by atoms with Crippen LogP contribution in [0.15, 0.2) is 6.20 Å². The van der Waals surface area contributed by atoms with Gasteiger partial charge in [0.2, 0.25) is 0 Å². The van der Waals surface area contributed by atoms with Gasteiger partial charge >= 0.3 is 0 Å². The molecule has 0 saturated heterocycles. The van der Waals surface area contributed by atoms with Gasteiger partial charge in [0.15, 0.2) is 0 Å². The number of hydrogen-bond acceptors (Lipinski definition) is 2. The summed E-state index contributed by atoms with van der Waals surface area (Å²) in [7, 11) is 1.90. The molecule has 0 spiro atoms. The van der Waals surface area contributed by atoms with Crippen molar-refractivity contribution in [3.05, 3.63) is 11.9 Å². The van der Waals surface area contributed by atoms with Crippen LogP contribution in [0.4, 0.5) is 0 Å². The van der Waals surface area contributed by atoms with E-state index < -0.39 is 0 Å². The Morgan fingerprint density at radius 2 is 2.31 bits per heavy atom. The first-order chi connectivity index (χ1) is 6.09. The Morgan fingerprint density at radius 1 is 1.62 bits per heavy atom. The van der Waals surface area contributed by atoms with Crippen LogP contribution >= 0.6 is 15.9 Å². The third-order valence-electron chi connectivity index (χ3n) is 2.43. The highest BCUT2D eigenvalue weighted by molar-refractivity contribution is 9.09. The minimum Gasteiger partial charge on any atom is -0.255 e. The second-order valence-corrected chi connectivity index (χ2v) is 4.42. The minimum absolute atomic E-state index is 0.302. The zero-order chi connectivity index (χ0) is 9.90. The second-order valence-electron chi connectivity index (χ2n) is 3.86. The summed E-state index contributed by atoms with van der Waals surface area (Å²) < 4.78 is 1.75. The second kappa shape index (κ2) is 4.22. The van der Waals surface area contributed by atoms with Crippen LogP contribution in [0.1, 0.15) is 26.0 Å². The predicted octanol–water partition coefficient (Wildman–Crippen LogP) is 2.17. The monoisotopic (exact) mass is 245 g/mol. The molecule has 0 aliphatic carbocycles. The lowest BCUT2D eigenvalue weighted by atomic mass is 9.85. The molecule has 1 rings (SSSR count). The van der Waals surface area contributed by atoms with Crippen molar-refractivity contribution in [2.45, 2.75) is 26.7 Å². The van der Waals surface area contributed by atoms with Gasteiger partial charge in [-0.05, 0) is 18.3 Å². The molecular formula is C9H16BrN3. The van der Waals surface area contributed by atoms with Crippen LogP contribution in [0, 0.1) is 5.41 Å². The Kier molecular flexibility index (Phi) is 3.47. The number of halogens is 1. The van der Waals surface area contributed by atoms with Gasteiger partial charge in [0, 0.05) is 18.6 Å². The van der Waals surface area contributed by atoms with E-state index in [1.165, 1.54) is 0 Å². The zero-order valence-electron chi connectivity index (χ0n) is 8.42. The molecule has 74 valence electrons. The van der Waals surface area contributed by atoms with Gasteiger partial charge < -0.3 is 0 Å². The lowest BCUT2D eigenvalue weighted by Crippen LogP contribution is -2.20. The van der Waals surface area contributed by atoms with Crippen LogP contribution in [0.2, 0.25) is 0 Å². The molecule has 0 fully saturated rings. The van der Waals surface area contributed by atoms with Crippen molar-refractivity contribution >= 4 is 15.9 Å². The maximum Gasteiger partial charge on any atom is 0.0832 e. The van der Waals surface area contributed by atoms with Crippen molar-refractivity contribution in [3.63, 3.8) is 0 Å². The van der Waals surface area contributed by atoms with E-state index in [0.717, 1.165) is 23.9 Å². The quantitative estimate of drug-likeness (QED) is 0.762. The first kappa shape index (κ1) is 10.7. The van der Waals surface area contributed by atoms with E-state index in [1.807, 2.05) is 13.2 Å². The zero-order valence-corrected chi connectivity index (χ0v) is 10.0. The molecule has 13 heavy (non-hydrogen) atoms. The molecule has 3 nitrogen and oxygen atoms in total. The van der Waals surface area contributed by atoms with E-state index in [4.69, 9.17) is 0 Å². The van der Waals surface area contributed by atoms with Crippen molar-refractivity contribution in [1.82, 2.24) is 15.0 Å². The largest absolute Gasteiger partial charge is 0.255 e. The molecule has 1 unspecified atom stereocenters. The SMILES string of the molecule is CCC(C)(CBr)Cc1cn(C)nn1. The van der Waals surface area contributed by atoms with Gasteiger partial charge in [-0.3, -0.25) is 4.68 Å². The molecule has 1 aromatic rings. The molecule has 0 radical (unpaired) electrons. The minimum atomic E-state index is 0.302. The number of nitrogens with zero attached hydrogens (tertiary/aromatic N) is 3. The molecule has 1 atom stereocenters. The fraction of sp³-hybridized carbons (Fsp3) is 0.778. The Hall–Kier alpha value is -0.380. The number of hydrogen-bond donors (Lipinski definition) is 0. The van der Waals surface area contributed by atoms with Crippen molar-refractivity contribution in [1.29, 1.82) is 0 Å². The van der Waals surface area contributed by atoms with E-state index in [9.17, 15) is 0 Å². The highest BCUT2D eigenvalue weighted by Crippen LogP contribution is 2.27. The average molecular weight is 246 g/mol. The highest BCUT2D eigenvalue weighted by atomic mass is 79.9. The van der Waals surface area contributed by atoms with Crippen molar-refractivity contribution in [2.75, 3.05) is 5.33 Å². The summed E-state index contributed by atoms with van der Waals surface area (Å²) in [5.41, 5.74) is 1.38. The molecule has 0 aliphatic heterocycles. The molecule has 0 aromatic carbocycles. The van der Waals surface area contributed by atoms with Crippen LogP contribution in [-0.2, 0) is 13.5 Å². The summed E-state index contributed by atoms with van der Waals surface area (Å²) in [5, 5.41) is 9.02. The summed E-state index contributed by atoms with van der Waals surface area (Å²) in [6, 6.07) is 0. The standard InChI is InChI=1S/C9H16BrN3/c1-4-9(2,7-10)5-8-6-13(3)12-11-8/h6H,4-5,7H2,1-3H3.